The number of nitrogens with zero attached hydrogens (tertiary/aromatic N) is 1. The molecule has 23 heavy (non-hydrogen) atoms. The van der Waals surface area contributed by atoms with Crippen molar-refractivity contribution in [2.75, 3.05) is 18.5 Å². The Morgan fingerprint density at radius 3 is 3.09 bits per heavy atom. The number of anilines is 1. The summed E-state index contributed by atoms with van der Waals surface area (Å²) < 4.78 is 5.29. The summed E-state index contributed by atoms with van der Waals surface area (Å²) in [6, 6.07) is 6.19. The third-order valence-corrected chi connectivity index (χ3v) is 5.60. The van der Waals surface area contributed by atoms with Crippen molar-refractivity contribution < 1.29 is 14.3 Å². The van der Waals surface area contributed by atoms with Crippen LogP contribution in [0.1, 0.15) is 37.3 Å². The van der Waals surface area contributed by atoms with Crippen molar-refractivity contribution >= 4 is 17.6 Å². The second-order valence-corrected chi connectivity index (χ2v) is 6.83. The number of ether oxygens (including phenoxy) is 1. The summed E-state index contributed by atoms with van der Waals surface area (Å²) in [6.07, 6.45) is 2.51. The zero-order valence-electron chi connectivity index (χ0n) is 13.6. The molecule has 3 aliphatic rings. The molecule has 0 saturated carbocycles. The van der Waals surface area contributed by atoms with E-state index < -0.39 is 5.54 Å². The standard InChI is InChI=1S/C18H22N2O3/c1-3-23-16(21)12-10-18(20-8-4-5-15(12)20)13-9-11(2)6-7-14(13)19-17(18)22/h6-7,9,12,15H,3-5,8,10H2,1-2H3,(H,19,22)/t12-,15+,18-/m0/s1. The van der Waals surface area contributed by atoms with Crippen LogP contribution in [0.15, 0.2) is 18.2 Å². The van der Waals surface area contributed by atoms with Crippen LogP contribution in [0.3, 0.4) is 0 Å². The Kier molecular flexibility index (Phi) is 3.23. The molecule has 2 saturated heterocycles. The highest BCUT2D eigenvalue weighted by molar-refractivity contribution is 6.06. The maximum absolute atomic E-state index is 12.9. The molecule has 4 rings (SSSR count). The minimum absolute atomic E-state index is 0.0109. The van der Waals surface area contributed by atoms with Crippen molar-refractivity contribution in [3.05, 3.63) is 29.3 Å². The van der Waals surface area contributed by atoms with Crippen molar-refractivity contribution in [1.82, 2.24) is 4.90 Å². The highest BCUT2D eigenvalue weighted by atomic mass is 16.5. The molecule has 0 bridgehead atoms. The van der Waals surface area contributed by atoms with E-state index in [0.717, 1.165) is 36.2 Å². The number of hydrogen-bond donors (Lipinski definition) is 1. The third-order valence-electron chi connectivity index (χ3n) is 5.60. The van der Waals surface area contributed by atoms with E-state index in [4.69, 9.17) is 4.74 Å². The van der Waals surface area contributed by atoms with Crippen molar-refractivity contribution in [2.45, 2.75) is 44.7 Å². The summed E-state index contributed by atoms with van der Waals surface area (Å²) in [4.78, 5) is 27.6. The van der Waals surface area contributed by atoms with Crippen LogP contribution in [0.2, 0.25) is 0 Å². The van der Waals surface area contributed by atoms with E-state index in [0.29, 0.717) is 13.0 Å². The molecule has 3 heterocycles. The zero-order valence-corrected chi connectivity index (χ0v) is 13.6. The maximum atomic E-state index is 12.9. The number of hydrogen-bond acceptors (Lipinski definition) is 4. The molecule has 1 amide bonds. The van der Waals surface area contributed by atoms with Gasteiger partial charge in [0.25, 0.3) is 0 Å². The van der Waals surface area contributed by atoms with Gasteiger partial charge in [0.05, 0.1) is 12.5 Å². The van der Waals surface area contributed by atoms with Gasteiger partial charge in [-0.15, -0.1) is 0 Å². The van der Waals surface area contributed by atoms with Crippen LogP contribution in [0.25, 0.3) is 0 Å². The minimum Gasteiger partial charge on any atom is -0.466 e. The van der Waals surface area contributed by atoms with Gasteiger partial charge in [-0.3, -0.25) is 14.5 Å². The topological polar surface area (TPSA) is 58.6 Å². The third kappa shape index (κ3) is 1.89. The molecule has 1 spiro atoms. The number of rotatable bonds is 2. The number of esters is 1. The van der Waals surface area contributed by atoms with Gasteiger partial charge < -0.3 is 10.1 Å². The van der Waals surface area contributed by atoms with Crippen LogP contribution in [-0.2, 0) is 19.9 Å². The van der Waals surface area contributed by atoms with Crippen LogP contribution >= 0.6 is 0 Å². The minimum atomic E-state index is -0.694. The maximum Gasteiger partial charge on any atom is 0.310 e. The number of amides is 1. The highest BCUT2D eigenvalue weighted by Crippen LogP contribution is 2.54. The normalized spacial score (nSPS) is 32.0. The van der Waals surface area contributed by atoms with E-state index in [1.807, 2.05) is 26.0 Å². The number of carbonyl (C=O) groups is 2. The van der Waals surface area contributed by atoms with Crippen LogP contribution in [0.4, 0.5) is 5.69 Å². The first-order valence-corrected chi connectivity index (χ1v) is 8.44. The van der Waals surface area contributed by atoms with E-state index in [9.17, 15) is 9.59 Å². The van der Waals surface area contributed by atoms with Gasteiger partial charge in [0.15, 0.2) is 0 Å². The van der Waals surface area contributed by atoms with Gasteiger partial charge in [-0.25, -0.2) is 0 Å². The zero-order chi connectivity index (χ0) is 16.2. The molecule has 0 radical (unpaired) electrons. The fourth-order valence-electron chi connectivity index (χ4n) is 4.69. The van der Waals surface area contributed by atoms with Gasteiger partial charge >= 0.3 is 5.97 Å². The van der Waals surface area contributed by atoms with E-state index in [-0.39, 0.29) is 23.8 Å². The largest absolute Gasteiger partial charge is 0.466 e. The number of carbonyl (C=O) groups excluding carboxylic acids is 2. The number of nitrogens with one attached hydrogen (secondary N) is 1. The van der Waals surface area contributed by atoms with Crippen molar-refractivity contribution in [3.8, 4) is 0 Å². The molecule has 5 heteroatoms. The lowest BCUT2D eigenvalue weighted by atomic mass is 9.84. The first-order valence-electron chi connectivity index (χ1n) is 8.44. The average Bonchev–Trinajstić information content (AvgIpc) is 3.16. The molecular formula is C18H22N2O3. The number of benzene rings is 1. The average molecular weight is 314 g/mol. The molecule has 2 fully saturated rings. The Bertz CT molecular complexity index is 687. The van der Waals surface area contributed by atoms with Crippen molar-refractivity contribution in [3.63, 3.8) is 0 Å². The molecule has 1 aromatic carbocycles. The molecular weight excluding hydrogens is 292 g/mol. The predicted octanol–water partition coefficient (Wildman–Crippen LogP) is 2.19. The Labute approximate surface area is 136 Å². The van der Waals surface area contributed by atoms with E-state index in [1.165, 1.54) is 0 Å². The Balaban J connectivity index is 1.81. The quantitative estimate of drug-likeness (QED) is 0.850. The fourth-order valence-corrected chi connectivity index (χ4v) is 4.69. The van der Waals surface area contributed by atoms with Gasteiger partial charge in [-0.2, -0.15) is 0 Å². The van der Waals surface area contributed by atoms with Gasteiger partial charge in [0, 0.05) is 17.3 Å². The number of aryl methyl sites for hydroxylation is 1. The number of fused-ring (bicyclic) bond motifs is 4. The van der Waals surface area contributed by atoms with Gasteiger partial charge in [0.1, 0.15) is 5.54 Å². The fraction of sp³-hybridized carbons (Fsp3) is 0.556. The Morgan fingerprint density at radius 1 is 1.48 bits per heavy atom. The SMILES string of the molecule is CCOC(=O)[C@H]1C[C@]2(C(=O)Nc3ccc(C)cc32)N2CCC[C@H]12. The Hall–Kier alpha value is -1.88. The second kappa shape index (κ2) is 5.06. The molecule has 3 atom stereocenters. The molecule has 0 aromatic heterocycles. The van der Waals surface area contributed by atoms with Crippen molar-refractivity contribution in [2.24, 2.45) is 5.92 Å². The van der Waals surface area contributed by atoms with E-state index in [1.54, 1.807) is 0 Å². The first kappa shape index (κ1) is 14.7. The summed E-state index contributed by atoms with van der Waals surface area (Å²) in [5.41, 5.74) is 2.35. The molecule has 0 aliphatic carbocycles. The lowest BCUT2D eigenvalue weighted by Gasteiger charge is -2.32. The predicted molar refractivity (Wildman–Crippen MR) is 86.0 cm³/mol. The smallest absolute Gasteiger partial charge is 0.310 e. The van der Waals surface area contributed by atoms with Gasteiger partial charge in [-0.05, 0) is 45.7 Å². The summed E-state index contributed by atoms with van der Waals surface area (Å²) >= 11 is 0. The summed E-state index contributed by atoms with van der Waals surface area (Å²) in [5, 5.41) is 3.03. The summed E-state index contributed by atoms with van der Waals surface area (Å²) in [6.45, 7) is 5.12. The summed E-state index contributed by atoms with van der Waals surface area (Å²) in [7, 11) is 0. The molecule has 1 N–H and O–H groups in total. The Morgan fingerprint density at radius 2 is 2.30 bits per heavy atom. The summed E-state index contributed by atoms with van der Waals surface area (Å²) in [5.74, 6) is -0.360. The molecule has 5 nitrogen and oxygen atoms in total. The van der Waals surface area contributed by atoms with Crippen molar-refractivity contribution in [1.29, 1.82) is 0 Å². The molecule has 0 unspecified atom stereocenters. The monoisotopic (exact) mass is 314 g/mol. The van der Waals surface area contributed by atoms with E-state index >= 15 is 0 Å². The lowest BCUT2D eigenvalue weighted by Crippen LogP contribution is -2.47. The molecule has 122 valence electrons. The lowest BCUT2D eigenvalue weighted by molar-refractivity contribution is -0.148. The van der Waals surface area contributed by atoms with Crippen LogP contribution in [0, 0.1) is 12.8 Å². The van der Waals surface area contributed by atoms with Crippen LogP contribution in [-0.4, -0.2) is 36.0 Å². The van der Waals surface area contributed by atoms with E-state index in [2.05, 4.69) is 16.3 Å². The second-order valence-electron chi connectivity index (χ2n) is 6.83. The molecule has 1 aromatic rings. The van der Waals surface area contributed by atoms with Crippen LogP contribution < -0.4 is 5.32 Å². The first-order chi connectivity index (χ1) is 11.1. The molecule has 3 aliphatic heterocycles. The van der Waals surface area contributed by atoms with Gasteiger partial charge in [-0.1, -0.05) is 17.7 Å². The highest BCUT2D eigenvalue weighted by Gasteiger charge is 2.63. The van der Waals surface area contributed by atoms with Crippen LogP contribution in [0.5, 0.6) is 0 Å². The van der Waals surface area contributed by atoms with Gasteiger partial charge in [0.2, 0.25) is 5.91 Å².